The number of esters is 1. The monoisotopic (exact) mass is 422 g/mol. The van der Waals surface area contributed by atoms with Gasteiger partial charge in [-0.3, -0.25) is 9.69 Å². The molecule has 0 aliphatic carbocycles. The van der Waals surface area contributed by atoms with Crippen molar-refractivity contribution in [3.63, 3.8) is 0 Å². The van der Waals surface area contributed by atoms with Crippen molar-refractivity contribution in [2.24, 2.45) is 0 Å². The number of aromatic nitrogens is 1. The molecule has 4 rings (SSSR count). The van der Waals surface area contributed by atoms with Gasteiger partial charge in [-0.15, -0.1) is 0 Å². The summed E-state index contributed by atoms with van der Waals surface area (Å²) in [7, 11) is 0. The van der Waals surface area contributed by atoms with Crippen LogP contribution in [-0.2, 0) is 20.8 Å². The van der Waals surface area contributed by atoms with E-state index >= 15 is 0 Å². The van der Waals surface area contributed by atoms with Crippen LogP contribution in [0.5, 0.6) is 11.5 Å². The number of fused-ring (bicyclic) bond motifs is 1. The number of morpholine rings is 1. The third-order valence-corrected chi connectivity index (χ3v) is 5.31. The van der Waals surface area contributed by atoms with Crippen molar-refractivity contribution in [2.45, 2.75) is 32.9 Å². The van der Waals surface area contributed by atoms with Gasteiger partial charge < -0.3 is 23.4 Å². The van der Waals surface area contributed by atoms with E-state index in [1.54, 1.807) is 19.1 Å². The van der Waals surface area contributed by atoms with Gasteiger partial charge in [-0.1, -0.05) is 11.6 Å². The molecule has 1 fully saturated rings. The zero-order chi connectivity index (χ0) is 20.4. The van der Waals surface area contributed by atoms with Crippen LogP contribution in [-0.4, -0.2) is 55.1 Å². The molecule has 0 spiro atoms. The lowest BCUT2D eigenvalue weighted by molar-refractivity contribution is -0.146. The molecule has 0 amide bonds. The SMILES string of the molecule is CCOC(=O)C[C@@H]1COCCN1Cc1nc(-c2cc3c(cc2Cl)OCO3)oc1C. The van der Waals surface area contributed by atoms with Crippen molar-refractivity contribution in [2.75, 3.05) is 33.2 Å². The standard InChI is InChI=1S/C20H23ClN2O6/c1-3-26-19(24)6-13-10-25-5-4-23(13)9-16-12(2)29-20(22-16)14-7-17-18(8-15(14)21)28-11-27-17/h7-8,13H,3-6,9-11H2,1-2H3/t13-/m1/s1. The predicted octanol–water partition coefficient (Wildman–Crippen LogP) is 3.19. The summed E-state index contributed by atoms with van der Waals surface area (Å²) in [6.45, 7) is 6.55. The minimum atomic E-state index is -0.224. The molecule has 0 radical (unpaired) electrons. The molecule has 2 aliphatic rings. The molecule has 1 aromatic heterocycles. The Morgan fingerprint density at radius 3 is 2.93 bits per heavy atom. The smallest absolute Gasteiger partial charge is 0.307 e. The largest absolute Gasteiger partial charge is 0.466 e. The van der Waals surface area contributed by atoms with E-state index in [1.165, 1.54) is 0 Å². The molecule has 0 saturated carbocycles. The summed E-state index contributed by atoms with van der Waals surface area (Å²) in [4.78, 5) is 18.8. The summed E-state index contributed by atoms with van der Waals surface area (Å²) in [6.07, 6.45) is 0.283. The lowest BCUT2D eigenvalue weighted by Gasteiger charge is -2.34. The summed E-state index contributed by atoms with van der Waals surface area (Å²) >= 11 is 6.39. The number of ether oxygens (including phenoxy) is 4. The van der Waals surface area contributed by atoms with Crippen LogP contribution in [0.1, 0.15) is 24.8 Å². The number of oxazole rings is 1. The molecule has 29 heavy (non-hydrogen) atoms. The van der Waals surface area contributed by atoms with E-state index < -0.39 is 0 Å². The second kappa shape index (κ2) is 8.61. The van der Waals surface area contributed by atoms with Crippen molar-refractivity contribution in [1.29, 1.82) is 0 Å². The molecular formula is C20H23ClN2O6. The molecule has 1 aromatic carbocycles. The van der Waals surface area contributed by atoms with E-state index in [1.807, 2.05) is 6.92 Å². The first-order chi connectivity index (χ1) is 14.0. The number of hydrogen-bond acceptors (Lipinski definition) is 8. The number of carbonyl (C=O) groups excluding carboxylic acids is 1. The third kappa shape index (κ3) is 4.34. The van der Waals surface area contributed by atoms with Gasteiger partial charge in [-0.25, -0.2) is 4.98 Å². The number of hydrogen-bond donors (Lipinski definition) is 0. The van der Waals surface area contributed by atoms with Gasteiger partial charge in [0, 0.05) is 25.2 Å². The normalized spacial score (nSPS) is 18.8. The van der Waals surface area contributed by atoms with Crippen LogP contribution in [0.3, 0.4) is 0 Å². The second-order valence-electron chi connectivity index (χ2n) is 6.92. The first-order valence-corrected chi connectivity index (χ1v) is 9.96. The summed E-state index contributed by atoms with van der Waals surface area (Å²) in [5, 5.41) is 0.480. The maximum absolute atomic E-state index is 11.9. The van der Waals surface area contributed by atoms with Crippen LogP contribution in [0.15, 0.2) is 16.5 Å². The average Bonchev–Trinajstić information content (AvgIpc) is 3.29. The van der Waals surface area contributed by atoms with Crippen molar-refractivity contribution < 1.29 is 28.2 Å². The van der Waals surface area contributed by atoms with Gasteiger partial charge in [0.2, 0.25) is 12.7 Å². The number of halogens is 1. The van der Waals surface area contributed by atoms with Crippen molar-refractivity contribution >= 4 is 17.6 Å². The highest BCUT2D eigenvalue weighted by molar-refractivity contribution is 6.33. The molecule has 0 unspecified atom stereocenters. The lowest BCUT2D eigenvalue weighted by atomic mass is 10.1. The molecule has 3 heterocycles. The van der Waals surface area contributed by atoms with Crippen molar-refractivity contribution in [1.82, 2.24) is 9.88 Å². The summed E-state index contributed by atoms with van der Waals surface area (Å²) in [6, 6.07) is 3.42. The number of nitrogens with zero attached hydrogens (tertiary/aromatic N) is 2. The predicted molar refractivity (Wildman–Crippen MR) is 104 cm³/mol. The maximum atomic E-state index is 11.9. The topological polar surface area (TPSA) is 83.3 Å². The first kappa shape index (κ1) is 20.0. The van der Waals surface area contributed by atoms with Crippen molar-refractivity contribution in [3.8, 4) is 23.0 Å². The van der Waals surface area contributed by atoms with Crippen LogP contribution in [0.4, 0.5) is 0 Å². The van der Waals surface area contributed by atoms with E-state index in [4.69, 9.17) is 35.0 Å². The van der Waals surface area contributed by atoms with Crippen LogP contribution in [0.25, 0.3) is 11.5 Å². The Bertz CT molecular complexity index is 899. The van der Waals surface area contributed by atoms with Crippen LogP contribution < -0.4 is 9.47 Å². The number of carbonyl (C=O) groups is 1. The molecule has 0 bridgehead atoms. The Morgan fingerprint density at radius 2 is 2.14 bits per heavy atom. The average molecular weight is 423 g/mol. The molecule has 1 atom stereocenters. The van der Waals surface area contributed by atoms with E-state index in [0.717, 1.165) is 5.69 Å². The van der Waals surface area contributed by atoms with E-state index in [2.05, 4.69) is 9.88 Å². The summed E-state index contributed by atoms with van der Waals surface area (Å²) < 4.78 is 27.3. The van der Waals surface area contributed by atoms with Gasteiger partial charge in [-0.2, -0.15) is 0 Å². The van der Waals surface area contributed by atoms with Gasteiger partial charge in [0.25, 0.3) is 0 Å². The van der Waals surface area contributed by atoms with E-state index in [0.29, 0.717) is 66.6 Å². The Morgan fingerprint density at radius 1 is 1.34 bits per heavy atom. The number of aryl methyl sites for hydroxylation is 1. The zero-order valence-electron chi connectivity index (χ0n) is 16.4. The fourth-order valence-corrected chi connectivity index (χ4v) is 3.70. The van der Waals surface area contributed by atoms with Crippen LogP contribution >= 0.6 is 11.6 Å². The molecule has 9 heteroatoms. The third-order valence-electron chi connectivity index (χ3n) is 5.00. The van der Waals surface area contributed by atoms with E-state index in [-0.39, 0.29) is 25.2 Å². The Labute approximate surface area is 173 Å². The molecule has 156 valence electrons. The van der Waals surface area contributed by atoms with Crippen LogP contribution in [0.2, 0.25) is 5.02 Å². The number of benzene rings is 1. The summed E-state index contributed by atoms with van der Waals surface area (Å²) in [5.74, 6) is 2.13. The summed E-state index contributed by atoms with van der Waals surface area (Å²) in [5.41, 5.74) is 1.44. The molecule has 8 nitrogen and oxygen atoms in total. The minimum absolute atomic E-state index is 0.0588. The second-order valence-corrected chi connectivity index (χ2v) is 7.32. The fourth-order valence-electron chi connectivity index (χ4n) is 3.46. The highest BCUT2D eigenvalue weighted by Gasteiger charge is 2.28. The van der Waals surface area contributed by atoms with Gasteiger partial charge in [0.15, 0.2) is 11.5 Å². The van der Waals surface area contributed by atoms with E-state index in [9.17, 15) is 4.79 Å². The maximum Gasteiger partial charge on any atom is 0.307 e. The highest BCUT2D eigenvalue weighted by atomic mass is 35.5. The molecular weight excluding hydrogens is 400 g/mol. The number of rotatable bonds is 6. The Hall–Kier alpha value is -2.29. The Balaban J connectivity index is 1.53. The quantitative estimate of drug-likeness (QED) is 0.656. The fraction of sp³-hybridized carbons (Fsp3) is 0.500. The molecule has 1 saturated heterocycles. The van der Waals surface area contributed by atoms with Gasteiger partial charge >= 0.3 is 5.97 Å². The van der Waals surface area contributed by atoms with Gasteiger partial charge in [0.1, 0.15) is 5.76 Å². The van der Waals surface area contributed by atoms with Crippen molar-refractivity contribution in [3.05, 3.63) is 28.6 Å². The molecule has 2 aliphatic heterocycles. The van der Waals surface area contributed by atoms with Gasteiger partial charge in [0.05, 0.1) is 42.5 Å². The van der Waals surface area contributed by atoms with Crippen LogP contribution in [0, 0.1) is 6.92 Å². The Kier molecular flexibility index (Phi) is 5.94. The van der Waals surface area contributed by atoms with Gasteiger partial charge in [-0.05, 0) is 19.9 Å². The first-order valence-electron chi connectivity index (χ1n) is 9.58. The molecule has 2 aromatic rings. The minimum Gasteiger partial charge on any atom is -0.466 e. The zero-order valence-corrected chi connectivity index (χ0v) is 17.2. The lowest BCUT2D eigenvalue weighted by Crippen LogP contribution is -2.46. The highest BCUT2D eigenvalue weighted by Crippen LogP contribution is 2.41. The molecule has 0 N–H and O–H groups in total.